The Balaban J connectivity index is 2.50. The normalized spacial score (nSPS) is 11.1. The van der Waals surface area contributed by atoms with Crippen LogP contribution in [0.1, 0.15) is 19.4 Å². The summed E-state index contributed by atoms with van der Waals surface area (Å²) in [6.07, 6.45) is 0.244. The number of aryl methyl sites for hydroxylation is 1. The molecule has 2 aromatic rings. The molecule has 0 amide bonds. The van der Waals surface area contributed by atoms with Gasteiger partial charge in [-0.05, 0) is 32.9 Å². The summed E-state index contributed by atoms with van der Waals surface area (Å²) >= 11 is 1.74. The zero-order chi connectivity index (χ0) is 10.1. The predicted molar refractivity (Wildman–Crippen MR) is 62.3 cm³/mol. The Kier molecular flexibility index (Phi) is 2.46. The number of hydrogen-bond donors (Lipinski definition) is 0. The molecule has 0 saturated carbocycles. The third kappa shape index (κ3) is 1.75. The van der Waals surface area contributed by atoms with Crippen LogP contribution < -0.4 is 4.74 Å². The summed E-state index contributed by atoms with van der Waals surface area (Å²) < 4.78 is 7.03. The number of thiophene rings is 1. The van der Waals surface area contributed by atoms with Gasteiger partial charge in [-0.1, -0.05) is 11.6 Å². The van der Waals surface area contributed by atoms with Crippen molar-refractivity contribution in [3.63, 3.8) is 0 Å². The van der Waals surface area contributed by atoms with Crippen LogP contribution in [0.5, 0.6) is 5.75 Å². The van der Waals surface area contributed by atoms with Crippen LogP contribution in [-0.2, 0) is 0 Å². The Labute approximate surface area is 88.3 Å². The minimum atomic E-state index is 0.244. The van der Waals surface area contributed by atoms with Crippen molar-refractivity contribution in [1.82, 2.24) is 0 Å². The van der Waals surface area contributed by atoms with E-state index in [-0.39, 0.29) is 6.10 Å². The van der Waals surface area contributed by atoms with Crippen molar-refractivity contribution in [1.29, 1.82) is 0 Å². The van der Waals surface area contributed by atoms with Gasteiger partial charge in [-0.15, -0.1) is 11.3 Å². The summed E-state index contributed by atoms with van der Waals surface area (Å²) in [5, 5.41) is 3.33. The van der Waals surface area contributed by atoms with E-state index < -0.39 is 0 Å². The van der Waals surface area contributed by atoms with E-state index in [1.807, 2.05) is 0 Å². The molecule has 0 fully saturated rings. The Bertz CT molecular complexity index is 443. The zero-order valence-corrected chi connectivity index (χ0v) is 9.52. The van der Waals surface area contributed by atoms with Crippen LogP contribution in [0.4, 0.5) is 0 Å². The second-order valence-electron chi connectivity index (χ2n) is 3.77. The highest BCUT2D eigenvalue weighted by molar-refractivity contribution is 7.17. The number of hydrogen-bond acceptors (Lipinski definition) is 2. The van der Waals surface area contributed by atoms with Gasteiger partial charge < -0.3 is 4.74 Å². The molecular weight excluding hydrogens is 192 g/mol. The van der Waals surface area contributed by atoms with Crippen molar-refractivity contribution in [3.8, 4) is 5.75 Å². The molecule has 0 saturated heterocycles. The fourth-order valence-electron chi connectivity index (χ4n) is 1.46. The number of fused-ring (bicyclic) bond motifs is 1. The van der Waals surface area contributed by atoms with Crippen LogP contribution >= 0.6 is 11.3 Å². The van der Waals surface area contributed by atoms with Gasteiger partial charge in [0.15, 0.2) is 0 Å². The molecule has 1 aromatic heterocycles. The second-order valence-corrected chi connectivity index (χ2v) is 4.68. The molecule has 0 aliphatic heterocycles. The molecule has 2 rings (SSSR count). The van der Waals surface area contributed by atoms with Gasteiger partial charge in [-0.2, -0.15) is 0 Å². The fraction of sp³-hybridized carbons (Fsp3) is 0.333. The van der Waals surface area contributed by atoms with Crippen molar-refractivity contribution in [2.45, 2.75) is 26.9 Å². The highest BCUT2D eigenvalue weighted by Crippen LogP contribution is 2.33. The molecule has 0 unspecified atom stereocenters. The summed E-state index contributed by atoms with van der Waals surface area (Å²) in [5.74, 6) is 1.02. The van der Waals surface area contributed by atoms with Gasteiger partial charge in [0.25, 0.3) is 0 Å². The SMILES string of the molecule is Cc1ccc2scc(OC(C)C)c2c1. The van der Waals surface area contributed by atoms with Crippen molar-refractivity contribution in [3.05, 3.63) is 29.1 Å². The van der Waals surface area contributed by atoms with Crippen molar-refractivity contribution < 1.29 is 4.74 Å². The first-order chi connectivity index (χ1) is 6.66. The molecule has 14 heavy (non-hydrogen) atoms. The van der Waals surface area contributed by atoms with Crippen LogP contribution in [0.2, 0.25) is 0 Å². The lowest BCUT2D eigenvalue weighted by Crippen LogP contribution is -2.04. The summed E-state index contributed by atoms with van der Waals surface area (Å²) in [6.45, 7) is 6.22. The van der Waals surface area contributed by atoms with E-state index in [1.54, 1.807) is 11.3 Å². The van der Waals surface area contributed by atoms with E-state index in [9.17, 15) is 0 Å². The molecule has 1 aromatic carbocycles. The Morgan fingerprint density at radius 3 is 2.79 bits per heavy atom. The van der Waals surface area contributed by atoms with E-state index in [1.165, 1.54) is 15.6 Å². The lowest BCUT2D eigenvalue weighted by atomic mass is 10.2. The lowest BCUT2D eigenvalue weighted by Gasteiger charge is -2.07. The largest absolute Gasteiger partial charge is 0.489 e. The smallest absolute Gasteiger partial charge is 0.138 e. The molecule has 74 valence electrons. The fourth-order valence-corrected chi connectivity index (χ4v) is 2.31. The summed E-state index contributed by atoms with van der Waals surface area (Å²) in [7, 11) is 0. The van der Waals surface area contributed by atoms with Crippen molar-refractivity contribution >= 4 is 21.4 Å². The van der Waals surface area contributed by atoms with Gasteiger partial charge in [-0.25, -0.2) is 0 Å². The first-order valence-electron chi connectivity index (χ1n) is 4.81. The van der Waals surface area contributed by atoms with Gasteiger partial charge >= 0.3 is 0 Å². The maximum absolute atomic E-state index is 5.73. The molecule has 0 aliphatic rings. The highest BCUT2D eigenvalue weighted by atomic mass is 32.1. The summed E-state index contributed by atoms with van der Waals surface area (Å²) in [4.78, 5) is 0. The van der Waals surface area contributed by atoms with Gasteiger partial charge in [0.2, 0.25) is 0 Å². The van der Waals surface area contributed by atoms with Gasteiger partial charge in [0.1, 0.15) is 5.75 Å². The molecular formula is C12H14OS. The topological polar surface area (TPSA) is 9.23 Å². The molecule has 0 N–H and O–H groups in total. The number of ether oxygens (including phenoxy) is 1. The zero-order valence-electron chi connectivity index (χ0n) is 8.70. The molecule has 0 radical (unpaired) electrons. The standard InChI is InChI=1S/C12H14OS/c1-8(2)13-11-7-14-12-5-4-9(3)6-10(11)12/h4-8H,1-3H3. The number of benzene rings is 1. The maximum atomic E-state index is 5.73. The first-order valence-corrected chi connectivity index (χ1v) is 5.69. The van der Waals surface area contributed by atoms with E-state index in [2.05, 4.69) is 44.4 Å². The van der Waals surface area contributed by atoms with Crippen LogP contribution in [0.15, 0.2) is 23.6 Å². The molecule has 0 aliphatic carbocycles. The molecule has 2 heteroatoms. The number of rotatable bonds is 2. The molecule has 1 nitrogen and oxygen atoms in total. The Hall–Kier alpha value is -1.02. The Morgan fingerprint density at radius 1 is 1.29 bits per heavy atom. The van der Waals surface area contributed by atoms with Crippen LogP contribution in [0.3, 0.4) is 0 Å². The maximum Gasteiger partial charge on any atom is 0.138 e. The van der Waals surface area contributed by atoms with Crippen molar-refractivity contribution in [2.75, 3.05) is 0 Å². The molecule has 1 heterocycles. The van der Waals surface area contributed by atoms with Crippen molar-refractivity contribution in [2.24, 2.45) is 0 Å². The average molecular weight is 206 g/mol. The average Bonchev–Trinajstić information content (AvgIpc) is 2.47. The second kappa shape index (κ2) is 3.62. The predicted octanol–water partition coefficient (Wildman–Crippen LogP) is 4.00. The third-order valence-corrected chi connectivity index (χ3v) is 3.00. The van der Waals surface area contributed by atoms with E-state index in [4.69, 9.17) is 4.74 Å². The van der Waals surface area contributed by atoms with Crippen LogP contribution in [0, 0.1) is 6.92 Å². The molecule has 0 atom stereocenters. The van der Waals surface area contributed by atoms with E-state index in [0.29, 0.717) is 0 Å². The van der Waals surface area contributed by atoms with Gasteiger partial charge in [0, 0.05) is 15.5 Å². The minimum Gasteiger partial charge on any atom is -0.489 e. The third-order valence-electron chi connectivity index (χ3n) is 2.06. The van der Waals surface area contributed by atoms with Gasteiger partial charge in [-0.3, -0.25) is 0 Å². The van der Waals surface area contributed by atoms with E-state index >= 15 is 0 Å². The van der Waals surface area contributed by atoms with E-state index in [0.717, 1.165) is 5.75 Å². The van der Waals surface area contributed by atoms with Crippen LogP contribution in [0.25, 0.3) is 10.1 Å². The summed E-state index contributed by atoms with van der Waals surface area (Å²) in [6, 6.07) is 6.48. The summed E-state index contributed by atoms with van der Waals surface area (Å²) in [5.41, 5.74) is 1.28. The van der Waals surface area contributed by atoms with Gasteiger partial charge in [0.05, 0.1) is 6.10 Å². The minimum absolute atomic E-state index is 0.244. The lowest BCUT2D eigenvalue weighted by molar-refractivity contribution is 0.246. The monoisotopic (exact) mass is 206 g/mol. The highest BCUT2D eigenvalue weighted by Gasteiger charge is 2.06. The molecule has 0 bridgehead atoms. The van der Waals surface area contributed by atoms with Crippen LogP contribution in [-0.4, -0.2) is 6.10 Å². The quantitative estimate of drug-likeness (QED) is 0.721. The first kappa shape index (κ1) is 9.53. The molecule has 0 spiro atoms. The Morgan fingerprint density at radius 2 is 2.07 bits per heavy atom.